The van der Waals surface area contributed by atoms with Gasteiger partial charge in [-0.15, -0.1) is 0 Å². The Morgan fingerprint density at radius 3 is 2.27 bits per heavy atom. The van der Waals surface area contributed by atoms with Crippen LogP contribution in [0.2, 0.25) is 5.02 Å². The van der Waals surface area contributed by atoms with Crippen LogP contribution < -0.4 is 9.44 Å². The van der Waals surface area contributed by atoms with Gasteiger partial charge in [0, 0.05) is 6.07 Å². The van der Waals surface area contributed by atoms with E-state index in [1.165, 1.54) is 42.5 Å². The van der Waals surface area contributed by atoms with E-state index in [1.807, 2.05) is 0 Å². The second-order valence-electron chi connectivity index (χ2n) is 6.18. The molecule has 0 radical (unpaired) electrons. The number of rotatable bonds is 7. The van der Waals surface area contributed by atoms with Gasteiger partial charge in [0.25, 0.3) is 10.0 Å². The van der Waals surface area contributed by atoms with Crippen LogP contribution >= 0.6 is 11.6 Å². The first-order chi connectivity index (χ1) is 14.0. The molecule has 0 aliphatic heterocycles. The van der Waals surface area contributed by atoms with Crippen molar-refractivity contribution in [1.29, 1.82) is 0 Å². The molecule has 2 aromatic carbocycles. The van der Waals surface area contributed by atoms with Crippen LogP contribution in [0.5, 0.6) is 5.75 Å². The molecule has 30 heavy (non-hydrogen) atoms. The summed E-state index contributed by atoms with van der Waals surface area (Å²) >= 11 is 6.13. The minimum Gasteiger partial charge on any atom is -0.507 e. The number of furan rings is 1. The van der Waals surface area contributed by atoms with Crippen molar-refractivity contribution in [3.63, 3.8) is 0 Å². The molecule has 1 heterocycles. The van der Waals surface area contributed by atoms with Gasteiger partial charge in [-0.25, -0.2) is 16.8 Å². The van der Waals surface area contributed by atoms with Crippen molar-refractivity contribution >= 4 is 49.3 Å². The third-order valence-corrected chi connectivity index (χ3v) is 6.22. The van der Waals surface area contributed by atoms with E-state index in [-0.39, 0.29) is 33.5 Å². The largest absolute Gasteiger partial charge is 0.507 e. The van der Waals surface area contributed by atoms with Gasteiger partial charge in [0.05, 0.1) is 28.2 Å². The normalized spacial score (nSPS) is 11.8. The second-order valence-corrected chi connectivity index (χ2v) is 9.99. The Hall–Kier alpha value is -3.02. The molecular weight excluding hydrogens is 456 g/mol. The first-order valence-electron chi connectivity index (χ1n) is 8.17. The van der Waals surface area contributed by atoms with Crippen LogP contribution in [0, 0.1) is 0 Å². The fraction of sp³-hybridized carbons (Fsp3) is 0.0556. The van der Waals surface area contributed by atoms with Crippen LogP contribution in [0.15, 0.2) is 57.8 Å². The number of phenols is 1. The summed E-state index contributed by atoms with van der Waals surface area (Å²) in [7, 11) is -7.78. The van der Waals surface area contributed by atoms with Crippen molar-refractivity contribution in [2.45, 2.75) is 4.90 Å². The van der Waals surface area contributed by atoms with Gasteiger partial charge >= 0.3 is 0 Å². The monoisotopic (exact) mass is 470 g/mol. The van der Waals surface area contributed by atoms with E-state index in [2.05, 4.69) is 9.44 Å². The van der Waals surface area contributed by atoms with Gasteiger partial charge < -0.3 is 9.52 Å². The summed E-state index contributed by atoms with van der Waals surface area (Å²) < 4.78 is 57.9. The summed E-state index contributed by atoms with van der Waals surface area (Å²) in [4.78, 5) is 10.3. The van der Waals surface area contributed by atoms with Crippen LogP contribution in [0.1, 0.15) is 10.6 Å². The Bertz CT molecular complexity index is 1330. The molecule has 0 bridgehead atoms. The SMILES string of the molecule is CS(=O)(=O)Nc1cccc(NS(=O)(=O)c2cc(O)c(-c3ccc(C=O)o3)cc2Cl)c1. The van der Waals surface area contributed by atoms with Gasteiger partial charge in [0.1, 0.15) is 16.4 Å². The third kappa shape index (κ3) is 4.93. The number of hydrogen-bond donors (Lipinski definition) is 3. The van der Waals surface area contributed by atoms with Crippen molar-refractivity contribution in [2.75, 3.05) is 15.7 Å². The number of hydrogen-bond acceptors (Lipinski definition) is 7. The van der Waals surface area contributed by atoms with E-state index >= 15 is 0 Å². The van der Waals surface area contributed by atoms with Gasteiger partial charge in [-0.1, -0.05) is 17.7 Å². The Morgan fingerprint density at radius 2 is 1.67 bits per heavy atom. The highest BCUT2D eigenvalue weighted by molar-refractivity contribution is 7.93. The minimum atomic E-state index is -4.23. The van der Waals surface area contributed by atoms with E-state index in [1.54, 1.807) is 0 Å². The summed E-state index contributed by atoms with van der Waals surface area (Å²) in [6.45, 7) is 0. The fourth-order valence-corrected chi connectivity index (χ4v) is 4.73. The van der Waals surface area contributed by atoms with Crippen molar-refractivity contribution in [3.8, 4) is 17.1 Å². The van der Waals surface area contributed by atoms with Gasteiger partial charge in [0.15, 0.2) is 12.0 Å². The summed E-state index contributed by atoms with van der Waals surface area (Å²) in [6, 6.07) is 10.6. The Morgan fingerprint density at radius 1 is 1.00 bits per heavy atom. The third-order valence-electron chi connectivity index (χ3n) is 3.77. The number of anilines is 2. The summed E-state index contributed by atoms with van der Waals surface area (Å²) in [5, 5.41) is 10.1. The Kier molecular flexibility index (Phi) is 5.79. The molecule has 9 nitrogen and oxygen atoms in total. The molecule has 0 fully saturated rings. The second kappa shape index (κ2) is 8.01. The number of carbonyl (C=O) groups excluding carboxylic acids is 1. The molecule has 0 atom stereocenters. The van der Waals surface area contributed by atoms with E-state index in [0.29, 0.717) is 6.29 Å². The van der Waals surface area contributed by atoms with Gasteiger partial charge in [0.2, 0.25) is 10.0 Å². The molecule has 0 aliphatic rings. The number of aldehydes is 1. The highest BCUT2D eigenvalue weighted by Gasteiger charge is 2.22. The molecule has 0 aliphatic carbocycles. The lowest BCUT2D eigenvalue weighted by Gasteiger charge is -2.12. The first-order valence-corrected chi connectivity index (χ1v) is 11.9. The molecule has 0 unspecified atom stereocenters. The molecule has 3 N–H and O–H groups in total. The van der Waals surface area contributed by atoms with E-state index in [9.17, 15) is 26.7 Å². The predicted molar refractivity (Wildman–Crippen MR) is 112 cm³/mol. The van der Waals surface area contributed by atoms with Crippen LogP contribution in [0.4, 0.5) is 11.4 Å². The molecule has 3 rings (SSSR count). The highest BCUT2D eigenvalue weighted by atomic mass is 35.5. The maximum atomic E-state index is 12.8. The maximum Gasteiger partial charge on any atom is 0.263 e. The Labute approximate surface area is 177 Å². The molecule has 0 spiro atoms. The molecule has 0 saturated carbocycles. The van der Waals surface area contributed by atoms with Crippen LogP contribution in [-0.2, 0) is 20.0 Å². The number of halogens is 1. The standard InChI is InChI=1S/C18H15ClN2O7S2/c1-29(24,25)20-11-3-2-4-12(7-11)21-30(26,27)18-9-16(23)14(8-15(18)19)17-6-5-13(10-22)28-17/h2-10,20-21,23H,1H3. The van der Waals surface area contributed by atoms with Crippen LogP contribution in [0.3, 0.4) is 0 Å². The minimum absolute atomic E-state index is 0.0291. The van der Waals surface area contributed by atoms with Crippen LogP contribution in [-0.4, -0.2) is 34.5 Å². The van der Waals surface area contributed by atoms with Crippen molar-refractivity contribution in [3.05, 3.63) is 59.3 Å². The maximum absolute atomic E-state index is 12.8. The molecule has 158 valence electrons. The molecule has 0 amide bonds. The molecule has 0 saturated heterocycles. The molecule has 1 aromatic heterocycles. The summed E-state index contributed by atoms with van der Waals surface area (Å²) in [5.74, 6) is -0.270. The number of benzene rings is 2. The summed E-state index contributed by atoms with van der Waals surface area (Å²) in [5.41, 5.74) is 0.335. The van der Waals surface area contributed by atoms with E-state index < -0.39 is 30.7 Å². The van der Waals surface area contributed by atoms with Crippen molar-refractivity contribution in [2.24, 2.45) is 0 Å². The highest BCUT2D eigenvalue weighted by Crippen LogP contribution is 2.37. The van der Waals surface area contributed by atoms with E-state index in [0.717, 1.165) is 12.3 Å². The molecular formula is C18H15ClN2O7S2. The average molecular weight is 471 g/mol. The zero-order valence-electron chi connectivity index (χ0n) is 15.3. The van der Waals surface area contributed by atoms with E-state index in [4.69, 9.17) is 16.0 Å². The van der Waals surface area contributed by atoms with Crippen molar-refractivity contribution < 1.29 is 31.2 Å². The number of aromatic hydroxyl groups is 1. The molecule has 12 heteroatoms. The van der Waals surface area contributed by atoms with Gasteiger partial charge in [-0.05, 0) is 36.4 Å². The van der Waals surface area contributed by atoms with Gasteiger partial charge in [-0.3, -0.25) is 14.2 Å². The Balaban J connectivity index is 1.94. The first kappa shape index (κ1) is 21.7. The fourth-order valence-electron chi connectivity index (χ4n) is 2.58. The zero-order chi connectivity index (χ0) is 22.1. The quantitative estimate of drug-likeness (QED) is 0.449. The lowest BCUT2D eigenvalue weighted by atomic mass is 10.1. The van der Waals surface area contributed by atoms with Gasteiger partial charge in [-0.2, -0.15) is 0 Å². The average Bonchev–Trinajstić information content (AvgIpc) is 3.10. The lowest BCUT2D eigenvalue weighted by Crippen LogP contribution is -2.14. The summed E-state index contributed by atoms with van der Waals surface area (Å²) in [6.07, 6.45) is 1.45. The topological polar surface area (TPSA) is 143 Å². The van der Waals surface area contributed by atoms with Crippen LogP contribution in [0.25, 0.3) is 11.3 Å². The number of sulfonamides is 2. The zero-order valence-corrected chi connectivity index (χ0v) is 17.7. The molecule has 3 aromatic rings. The van der Waals surface area contributed by atoms with Crippen molar-refractivity contribution in [1.82, 2.24) is 0 Å². The number of carbonyl (C=O) groups is 1. The lowest BCUT2D eigenvalue weighted by molar-refractivity contribution is 0.110. The number of phenolic OH excluding ortho intramolecular Hbond substituents is 1. The smallest absolute Gasteiger partial charge is 0.263 e. The number of nitrogens with one attached hydrogen (secondary N) is 2. The predicted octanol–water partition coefficient (Wildman–Crippen LogP) is 3.29.